The lowest BCUT2D eigenvalue weighted by molar-refractivity contribution is 0.585. The first-order valence-corrected chi connectivity index (χ1v) is 5.71. The van der Waals surface area contributed by atoms with Gasteiger partial charge >= 0.3 is 0 Å². The van der Waals surface area contributed by atoms with Gasteiger partial charge < -0.3 is 9.47 Å². The largest absolute Gasteiger partial charge is 0.368 e. The van der Waals surface area contributed by atoms with E-state index < -0.39 is 0 Å². The lowest BCUT2D eigenvalue weighted by atomic mass is 10.1. The molecule has 0 radical (unpaired) electrons. The van der Waals surface area contributed by atoms with Crippen molar-refractivity contribution < 1.29 is 0 Å². The molecule has 3 rings (SSSR count). The van der Waals surface area contributed by atoms with E-state index in [0.717, 1.165) is 19.5 Å². The standard InChI is InChI=1S/C14H16N2/c1-11-9-16(11)8-7-12-10-15(2)14-6-4-3-5-13(12)14/h3-6,10H,1,7-9H2,2H3. The minimum atomic E-state index is 1.09. The third-order valence-electron chi connectivity index (χ3n) is 3.35. The molecule has 0 saturated carbocycles. The molecule has 0 bridgehead atoms. The molecule has 1 aromatic carbocycles. The predicted octanol–water partition coefficient (Wildman–Crippen LogP) is 2.55. The van der Waals surface area contributed by atoms with Crippen LogP contribution in [0.5, 0.6) is 0 Å². The van der Waals surface area contributed by atoms with Crippen molar-refractivity contribution in [1.29, 1.82) is 0 Å². The molecule has 1 fully saturated rings. The summed E-state index contributed by atoms with van der Waals surface area (Å²) >= 11 is 0. The van der Waals surface area contributed by atoms with Crippen LogP contribution in [-0.4, -0.2) is 22.6 Å². The van der Waals surface area contributed by atoms with Crippen LogP contribution in [0.2, 0.25) is 0 Å². The molecule has 1 aromatic heterocycles. The van der Waals surface area contributed by atoms with E-state index >= 15 is 0 Å². The Morgan fingerprint density at radius 3 is 2.81 bits per heavy atom. The van der Waals surface area contributed by atoms with Crippen LogP contribution < -0.4 is 0 Å². The van der Waals surface area contributed by atoms with Crippen LogP contribution in [0, 0.1) is 0 Å². The zero-order valence-electron chi connectivity index (χ0n) is 9.61. The minimum Gasteiger partial charge on any atom is -0.368 e. The molecular formula is C14H16N2. The fourth-order valence-corrected chi connectivity index (χ4v) is 2.30. The molecule has 0 spiro atoms. The molecule has 2 aromatic rings. The number of hydrogen-bond donors (Lipinski definition) is 0. The maximum Gasteiger partial charge on any atom is 0.0570 e. The van der Waals surface area contributed by atoms with Crippen molar-refractivity contribution in [2.45, 2.75) is 6.42 Å². The molecule has 2 heteroatoms. The molecule has 0 amide bonds. The second kappa shape index (κ2) is 3.41. The Bertz CT molecular complexity index is 551. The number of nitrogens with zero attached hydrogens (tertiary/aromatic N) is 2. The molecule has 16 heavy (non-hydrogen) atoms. The first-order valence-electron chi connectivity index (χ1n) is 5.71. The highest BCUT2D eigenvalue weighted by Crippen LogP contribution is 2.24. The summed E-state index contributed by atoms with van der Waals surface area (Å²) < 4.78 is 2.21. The second-order valence-electron chi connectivity index (χ2n) is 4.52. The first-order chi connectivity index (χ1) is 7.75. The van der Waals surface area contributed by atoms with Crippen molar-refractivity contribution in [3.05, 3.63) is 48.3 Å². The average Bonchev–Trinajstić information content (AvgIpc) is 2.90. The maximum atomic E-state index is 3.95. The number of aromatic nitrogens is 1. The summed E-state index contributed by atoms with van der Waals surface area (Å²) in [5.41, 5.74) is 4.04. The monoisotopic (exact) mass is 212 g/mol. The predicted molar refractivity (Wildman–Crippen MR) is 67.3 cm³/mol. The van der Waals surface area contributed by atoms with Crippen molar-refractivity contribution in [2.75, 3.05) is 13.1 Å². The fourth-order valence-electron chi connectivity index (χ4n) is 2.30. The summed E-state index contributed by atoms with van der Waals surface area (Å²) in [6.07, 6.45) is 3.36. The molecule has 2 nitrogen and oxygen atoms in total. The zero-order chi connectivity index (χ0) is 11.1. The molecule has 1 aliphatic heterocycles. The van der Waals surface area contributed by atoms with Crippen LogP contribution in [-0.2, 0) is 13.5 Å². The Kier molecular flexibility index (Phi) is 2.03. The maximum absolute atomic E-state index is 3.95. The highest BCUT2D eigenvalue weighted by molar-refractivity contribution is 5.83. The molecule has 0 aliphatic carbocycles. The van der Waals surface area contributed by atoms with Gasteiger partial charge in [-0.05, 0) is 18.1 Å². The topological polar surface area (TPSA) is 7.94 Å². The van der Waals surface area contributed by atoms with Crippen molar-refractivity contribution in [2.24, 2.45) is 7.05 Å². The summed E-state index contributed by atoms with van der Waals surface area (Å²) in [4.78, 5) is 2.32. The van der Waals surface area contributed by atoms with Gasteiger partial charge in [-0.2, -0.15) is 0 Å². The van der Waals surface area contributed by atoms with Crippen LogP contribution in [0.4, 0.5) is 0 Å². The Morgan fingerprint density at radius 2 is 2.06 bits per heavy atom. The van der Waals surface area contributed by atoms with Gasteiger partial charge in [-0.15, -0.1) is 0 Å². The molecule has 1 aliphatic rings. The van der Waals surface area contributed by atoms with Crippen molar-refractivity contribution in [1.82, 2.24) is 9.47 Å². The van der Waals surface area contributed by atoms with Crippen molar-refractivity contribution in [3.8, 4) is 0 Å². The van der Waals surface area contributed by atoms with Crippen molar-refractivity contribution in [3.63, 3.8) is 0 Å². The average molecular weight is 212 g/mol. The first kappa shape index (κ1) is 9.52. The van der Waals surface area contributed by atoms with E-state index in [-0.39, 0.29) is 0 Å². The Morgan fingerprint density at radius 1 is 1.31 bits per heavy atom. The smallest absolute Gasteiger partial charge is 0.0570 e. The van der Waals surface area contributed by atoms with E-state index in [9.17, 15) is 0 Å². The van der Waals surface area contributed by atoms with E-state index in [1.165, 1.54) is 22.2 Å². The van der Waals surface area contributed by atoms with Gasteiger partial charge in [0.15, 0.2) is 0 Å². The summed E-state index contributed by atoms with van der Waals surface area (Å²) in [5, 5.41) is 1.39. The van der Waals surface area contributed by atoms with E-state index in [0.29, 0.717) is 0 Å². The highest BCUT2D eigenvalue weighted by Gasteiger charge is 2.21. The van der Waals surface area contributed by atoms with Crippen LogP contribution in [0.15, 0.2) is 42.7 Å². The van der Waals surface area contributed by atoms with E-state index in [1.807, 2.05) is 0 Å². The quantitative estimate of drug-likeness (QED) is 0.710. The number of para-hydroxylation sites is 1. The molecule has 0 N–H and O–H groups in total. The van der Waals surface area contributed by atoms with Gasteiger partial charge in [0, 0.05) is 36.4 Å². The molecule has 82 valence electrons. The SMILES string of the molecule is C=C1CN1CCc1cn(C)c2ccccc12. The van der Waals surface area contributed by atoms with Gasteiger partial charge in [0.1, 0.15) is 0 Å². The van der Waals surface area contributed by atoms with Crippen molar-refractivity contribution >= 4 is 10.9 Å². The lowest BCUT2D eigenvalue weighted by Crippen LogP contribution is -2.01. The summed E-state index contributed by atoms with van der Waals surface area (Å²) in [7, 11) is 2.11. The fraction of sp³-hybridized carbons (Fsp3) is 0.286. The third-order valence-corrected chi connectivity index (χ3v) is 3.35. The Balaban J connectivity index is 1.88. The lowest BCUT2D eigenvalue weighted by Gasteiger charge is -2.00. The van der Waals surface area contributed by atoms with Gasteiger partial charge in [-0.3, -0.25) is 0 Å². The van der Waals surface area contributed by atoms with Gasteiger partial charge in [0.25, 0.3) is 0 Å². The molecule has 2 heterocycles. The molecule has 0 unspecified atom stereocenters. The second-order valence-corrected chi connectivity index (χ2v) is 4.52. The van der Waals surface area contributed by atoms with Gasteiger partial charge in [0.2, 0.25) is 0 Å². The zero-order valence-corrected chi connectivity index (χ0v) is 9.61. The van der Waals surface area contributed by atoms with Crippen LogP contribution >= 0.6 is 0 Å². The normalized spacial score (nSPS) is 14.8. The number of hydrogen-bond acceptors (Lipinski definition) is 1. The van der Waals surface area contributed by atoms with E-state index in [2.05, 4.69) is 53.6 Å². The molecular weight excluding hydrogens is 196 g/mol. The summed E-state index contributed by atoms with van der Waals surface area (Å²) in [5.74, 6) is 0. The number of benzene rings is 1. The minimum absolute atomic E-state index is 1.09. The molecule has 0 atom stereocenters. The Hall–Kier alpha value is -1.70. The van der Waals surface area contributed by atoms with E-state index in [4.69, 9.17) is 0 Å². The number of fused-ring (bicyclic) bond motifs is 1. The summed E-state index contributed by atoms with van der Waals surface area (Å²) in [6.45, 7) is 6.14. The van der Waals surface area contributed by atoms with Gasteiger partial charge in [0.05, 0.1) is 6.54 Å². The van der Waals surface area contributed by atoms with Crippen LogP contribution in [0.3, 0.4) is 0 Å². The Labute approximate surface area is 95.8 Å². The van der Waals surface area contributed by atoms with E-state index in [1.54, 1.807) is 0 Å². The van der Waals surface area contributed by atoms with Gasteiger partial charge in [-0.1, -0.05) is 24.8 Å². The highest BCUT2D eigenvalue weighted by atomic mass is 15.3. The van der Waals surface area contributed by atoms with Crippen LogP contribution in [0.1, 0.15) is 5.56 Å². The molecule has 1 saturated heterocycles. The van der Waals surface area contributed by atoms with Crippen LogP contribution in [0.25, 0.3) is 10.9 Å². The number of rotatable bonds is 3. The summed E-state index contributed by atoms with van der Waals surface area (Å²) in [6, 6.07) is 8.59. The van der Waals surface area contributed by atoms with Gasteiger partial charge in [-0.25, -0.2) is 0 Å². The number of aryl methyl sites for hydroxylation is 1. The third kappa shape index (κ3) is 1.51.